The van der Waals surface area contributed by atoms with E-state index in [1.54, 1.807) is 0 Å². The number of carbonyl (C=O) groups is 3. The Hall–Kier alpha value is -2.02. The van der Waals surface area contributed by atoms with E-state index in [9.17, 15) is 14.4 Å². The summed E-state index contributed by atoms with van der Waals surface area (Å²) in [4.78, 5) is 41.2. The molecular formula is C22H29N3O3S. The van der Waals surface area contributed by atoms with Gasteiger partial charge in [0.05, 0.1) is 0 Å². The molecule has 1 aromatic carbocycles. The molecule has 7 heteroatoms. The van der Waals surface area contributed by atoms with Crippen LogP contribution in [0.1, 0.15) is 50.2 Å². The van der Waals surface area contributed by atoms with Gasteiger partial charge in [-0.2, -0.15) is 11.8 Å². The molecule has 3 fully saturated rings. The zero-order valence-electron chi connectivity index (χ0n) is 17.1. The molecule has 0 radical (unpaired) electrons. The van der Waals surface area contributed by atoms with Crippen LogP contribution in [0.15, 0.2) is 24.3 Å². The normalized spacial score (nSPS) is 24.1. The number of hydrogen-bond acceptors (Lipinski definition) is 4. The van der Waals surface area contributed by atoms with Crippen LogP contribution in [0.5, 0.6) is 0 Å². The van der Waals surface area contributed by atoms with Crippen molar-refractivity contribution in [1.82, 2.24) is 15.1 Å². The summed E-state index contributed by atoms with van der Waals surface area (Å²) < 4.78 is 0. The summed E-state index contributed by atoms with van der Waals surface area (Å²) in [6, 6.07) is 8.11. The summed E-state index contributed by atoms with van der Waals surface area (Å²) in [5.74, 6) is 2.27. The van der Waals surface area contributed by atoms with E-state index in [4.69, 9.17) is 0 Å². The molecule has 1 unspecified atom stereocenters. The standard InChI is InChI=1S/C22H29N3O3S/c1-15(2)18-5-3-16(4-6-18)12-24-13-17(11-19(24)26)14-25-20(27)22(23-21(25)28)7-9-29-10-8-22/h3-6,15,17H,7-14H2,1-2H3,(H,23,28). The van der Waals surface area contributed by atoms with Gasteiger partial charge in [-0.1, -0.05) is 38.1 Å². The smallest absolute Gasteiger partial charge is 0.325 e. The number of imide groups is 1. The molecule has 3 saturated heterocycles. The zero-order valence-corrected chi connectivity index (χ0v) is 18.0. The number of rotatable bonds is 5. The first-order chi connectivity index (χ1) is 13.9. The molecule has 1 aromatic rings. The lowest BCUT2D eigenvalue weighted by molar-refractivity contribution is -0.132. The van der Waals surface area contributed by atoms with Gasteiger partial charge in [-0.3, -0.25) is 14.5 Å². The average molecular weight is 416 g/mol. The van der Waals surface area contributed by atoms with Crippen LogP contribution in [0.25, 0.3) is 0 Å². The highest BCUT2D eigenvalue weighted by molar-refractivity contribution is 7.99. The lowest BCUT2D eigenvalue weighted by Crippen LogP contribution is -2.49. The fourth-order valence-electron chi connectivity index (χ4n) is 4.52. The predicted molar refractivity (Wildman–Crippen MR) is 114 cm³/mol. The van der Waals surface area contributed by atoms with Gasteiger partial charge in [0.1, 0.15) is 5.54 Å². The lowest BCUT2D eigenvalue weighted by atomic mass is 9.92. The lowest BCUT2D eigenvalue weighted by Gasteiger charge is -2.30. The summed E-state index contributed by atoms with van der Waals surface area (Å²) in [6.45, 7) is 5.82. The fraction of sp³-hybridized carbons (Fsp3) is 0.591. The van der Waals surface area contributed by atoms with Gasteiger partial charge >= 0.3 is 6.03 Å². The Balaban J connectivity index is 1.37. The summed E-state index contributed by atoms with van der Waals surface area (Å²) in [5.41, 5.74) is 1.69. The third-order valence-corrected chi connectivity index (χ3v) is 7.33. The zero-order chi connectivity index (χ0) is 20.6. The quantitative estimate of drug-likeness (QED) is 0.751. The number of benzene rings is 1. The van der Waals surface area contributed by atoms with E-state index in [0.717, 1.165) is 17.1 Å². The van der Waals surface area contributed by atoms with Crippen molar-refractivity contribution in [3.05, 3.63) is 35.4 Å². The predicted octanol–water partition coefficient (Wildman–Crippen LogP) is 2.98. The number of nitrogens with one attached hydrogen (secondary N) is 1. The van der Waals surface area contributed by atoms with E-state index < -0.39 is 5.54 Å². The van der Waals surface area contributed by atoms with Crippen LogP contribution in [0, 0.1) is 5.92 Å². The molecule has 0 aromatic heterocycles. The molecule has 3 aliphatic rings. The Labute approximate surface area is 176 Å². The van der Waals surface area contributed by atoms with Crippen molar-refractivity contribution in [3.8, 4) is 0 Å². The highest BCUT2D eigenvalue weighted by Crippen LogP contribution is 2.33. The third kappa shape index (κ3) is 4.02. The molecule has 4 amide bonds. The van der Waals surface area contributed by atoms with E-state index in [-0.39, 0.29) is 23.8 Å². The minimum Gasteiger partial charge on any atom is -0.338 e. The molecule has 0 bridgehead atoms. The van der Waals surface area contributed by atoms with E-state index in [1.807, 2.05) is 16.7 Å². The monoisotopic (exact) mass is 415 g/mol. The molecule has 1 spiro atoms. The maximum atomic E-state index is 13.0. The van der Waals surface area contributed by atoms with E-state index in [0.29, 0.717) is 44.8 Å². The second-order valence-corrected chi connectivity index (χ2v) is 10.0. The van der Waals surface area contributed by atoms with Crippen molar-refractivity contribution < 1.29 is 14.4 Å². The number of nitrogens with zero attached hydrogens (tertiary/aromatic N) is 2. The molecule has 3 heterocycles. The molecule has 0 saturated carbocycles. The van der Waals surface area contributed by atoms with Crippen molar-refractivity contribution in [1.29, 1.82) is 0 Å². The molecule has 29 heavy (non-hydrogen) atoms. The second-order valence-electron chi connectivity index (χ2n) is 8.78. The van der Waals surface area contributed by atoms with Crippen LogP contribution in [-0.2, 0) is 16.1 Å². The maximum absolute atomic E-state index is 13.0. The van der Waals surface area contributed by atoms with Gasteiger partial charge < -0.3 is 10.2 Å². The van der Waals surface area contributed by atoms with Crippen LogP contribution in [0.4, 0.5) is 4.79 Å². The number of likely N-dealkylation sites (tertiary alicyclic amines) is 1. The van der Waals surface area contributed by atoms with E-state index in [2.05, 4.69) is 43.4 Å². The van der Waals surface area contributed by atoms with Crippen LogP contribution >= 0.6 is 11.8 Å². The van der Waals surface area contributed by atoms with E-state index >= 15 is 0 Å². The first-order valence-corrected chi connectivity index (χ1v) is 11.6. The van der Waals surface area contributed by atoms with Crippen molar-refractivity contribution in [3.63, 3.8) is 0 Å². The Bertz CT molecular complexity index is 802. The molecule has 1 atom stereocenters. The summed E-state index contributed by atoms with van der Waals surface area (Å²) in [7, 11) is 0. The van der Waals surface area contributed by atoms with Crippen LogP contribution in [0.2, 0.25) is 0 Å². The van der Waals surface area contributed by atoms with E-state index in [1.165, 1.54) is 10.5 Å². The number of urea groups is 1. The molecule has 6 nitrogen and oxygen atoms in total. The number of hydrogen-bond donors (Lipinski definition) is 1. The Morgan fingerprint density at radius 3 is 2.48 bits per heavy atom. The highest BCUT2D eigenvalue weighted by Gasteiger charge is 2.52. The summed E-state index contributed by atoms with van der Waals surface area (Å²) >= 11 is 1.82. The largest absolute Gasteiger partial charge is 0.338 e. The van der Waals surface area contributed by atoms with Crippen LogP contribution in [-0.4, -0.2) is 57.8 Å². The Kier molecular flexibility index (Phi) is 5.60. The van der Waals surface area contributed by atoms with Crippen LogP contribution in [0.3, 0.4) is 0 Å². The SMILES string of the molecule is CC(C)c1ccc(CN2CC(CN3C(=O)NC4(CCSCC4)C3=O)CC2=O)cc1. The number of carbonyl (C=O) groups excluding carboxylic acids is 3. The number of thioether (sulfide) groups is 1. The van der Waals surface area contributed by atoms with Crippen molar-refractivity contribution in [2.45, 2.75) is 51.1 Å². The summed E-state index contributed by atoms with van der Waals surface area (Å²) in [6.07, 6.45) is 1.78. The fourth-order valence-corrected chi connectivity index (χ4v) is 5.71. The van der Waals surface area contributed by atoms with Crippen LogP contribution < -0.4 is 5.32 Å². The highest BCUT2D eigenvalue weighted by atomic mass is 32.2. The third-order valence-electron chi connectivity index (χ3n) is 6.35. The van der Waals surface area contributed by atoms with Crippen molar-refractivity contribution >= 4 is 29.6 Å². The maximum Gasteiger partial charge on any atom is 0.325 e. The van der Waals surface area contributed by atoms with Gasteiger partial charge in [0, 0.05) is 32.0 Å². The molecule has 156 valence electrons. The van der Waals surface area contributed by atoms with Crippen molar-refractivity contribution in [2.75, 3.05) is 24.6 Å². The topological polar surface area (TPSA) is 69.7 Å². The minimum atomic E-state index is -0.706. The van der Waals surface area contributed by atoms with Gasteiger partial charge in [0.15, 0.2) is 0 Å². The first-order valence-electron chi connectivity index (χ1n) is 10.5. The Morgan fingerprint density at radius 2 is 1.83 bits per heavy atom. The van der Waals surface area contributed by atoms with Gasteiger partial charge in [-0.25, -0.2) is 4.79 Å². The van der Waals surface area contributed by atoms with Crippen molar-refractivity contribution in [2.24, 2.45) is 5.92 Å². The van der Waals surface area contributed by atoms with Gasteiger partial charge in [0.25, 0.3) is 5.91 Å². The second kappa shape index (κ2) is 8.01. The minimum absolute atomic E-state index is 0.000234. The average Bonchev–Trinajstić information content (AvgIpc) is 3.15. The summed E-state index contributed by atoms with van der Waals surface area (Å²) in [5, 5.41) is 2.95. The van der Waals surface area contributed by atoms with Gasteiger partial charge in [-0.15, -0.1) is 0 Å². The molecular weight excluding hydrogens is 386 g/mol. The Morgan fingerprint density at radius 1 is 1.14 bits per heavy atom. The molecule has 4 rings (SSSR count). The number of amides is 4. The molecule has 1 N–H and O–H groups in total. The first kappa shape index (κ1) is 20.3. The molecule has 0 aliphatic carbocycles. The van der Waals surface area contributed by atoms with Gasteiger partial charge in [0.2, 0.25) is 5.91 Å². The molecule has 3 aliphatic heterocycles. The van der Waals surface area contributed by atoms with Gasteiger partial charge in [-0.05, 0) is 41.4 Å².